The minimum atomic E-state index is -2.92. The summed E-state index contributed by atoms with van der Waals surface area (Å²) in [5, 5.41) is 13.0. The first-order valence-corrected chi connectivity index (χ1v) is 10.3. The predicted molar refractivity (Wildman–Crippen MR) is 93.4 cm³/mol. The van der Waals surface area contributed by atoms with Gasteiger partial charge in [-0.1, -0.05) is 20.3 Å². The number of aliphatic hydroxyl groups is 1. The van der Waals surface area contributed by atoms with Crippen LogP contribution in [0.3, 0.4) is 0 Å². The van der Waals surface area contributed by atoms with Crippen molar-refractivity contribution >= 4 is 13.5 Å². The zero-order chi connectivity index (χ0) is 18.1. The van der Waals surface area contributed by atoms with Gasteiger partial charge in [0.15, 0.2) is 0 Å². The summed E-state index contributed by atoms with van der Waals surface area (Å²) in [6, 6.07) is 0. The Morgan fingerprint density at radius 1 is 1.17 bits per heavy atom. The minimum Gasteiger partial charge on any atom is -0.444 e. The monoisotopic (exact) mass is 351 g/mol. The minimum absolute atomic E-state index is 0.0236. The fourth-order valence-corrected chi connectivity index (χ4v) is 4.84. The number of alkyl carbamates (subject to hydrolysis) is 1. The predicted octanol–water partition coefficient (Wildman–Crippen LogP) is 3.77. The SMILES string of the molecule is CCCCP(=O)(CC(C)(O)CNC(=O)OC(C)(C)C)OCCC. The van der Waals surface area contributed by atoms with Crippen LogP contribution >= 0.6 is 7.37 Å². The lowest BCUT2D eigenvalue weighted by atomic mass is 10.1. The van der Waals surface area contributed by atoms with Gasteiger partial charge in [0.25, 0.3) is 0 Å². The summed E-state index contributed by atoms with van der Waals surface area (Å²) in [7, 11) is -2.92. The van der Waals surface area contributed by atoms with Crippen LogP contribution in [0.5, 0.6) is 0 Å². The van der Waals surface area contributed by atoms with Gasteiger partial charge in [0.1, 0.15) is 5.60 Å². The fourth-order valence-electron chi connectivity index (χ4n) is 2.00. The first-order valence-electron chi connectivity index (χ1n) is 8.35. The molecule has 0 aromatic heterocycles. The van der Waals surface area contributed by atoms with E-state index < -0.39 is 24.7 Å². The number of hydrogen-bond acceptors (Lipinski definition) is 5. The molecule has 0 saturated carbocycles. The average molecular weight is 351 g/mol. The Balaban J connectivity index is 4.64. The third-order valence-corrected chi connectivity index (χ3v) is 5.79. The quantitative estimate of drug-likeness (QED) is 0.585. The van der Waals surface area contributed by atoms with Crippen LogP contribution in [0.2, 0.25) is 0 Å². The van der Waals surface area contributed by atoms with E-state index in [1.165, 1.54) is 0 Å². The molecule has 0 radical (unpaired) electrons. The maximum absolute atomic E-state index is 12.9. The number of unbranched alkanes of at least 4 members (excludes halogenated alkanes) is 1. The van der Waals surface area contributed by atoms with E-state index in [0.29, 0.717) is 12.8 Å². The van der Waals surface area contributed by atoms with Crippen molar-refractivity contribution in [1.82, 2.24) is 5.32 Å². The van der Waals surface area contributed by atoms with E-state index in [9.17, 15) is 14.5 Å². The number of hydrogen-bond donors (Lipinski definition) is 2. The second-order valence-electron chi connectivity index (χ2n) is 7.24. The molecule has 1 amide bonds. The van der Waals surface area contributed by atoms with Crippen LogP contribution in [0.25, 0.3) is 0 Å². The molecule has 2 atom stereocenters. The van der Waals surface area contributed by atoms with Crippen molar-refractivity contribution in [2.24, 2.45) is 0 Å². The van der Waals surface area contributed by atoms with E-state index in [4.69, 9.17) is 9.26 Å². The van der Waals surface area contributed by atoms with Crippen LogP contribution in [0, 0.1) is 0 Å². The molecule has 0 bridgehead atoms. The van der Waals surface area contributed by atoms with Crippen LogP contribution in [0.1, 0.15) is 60.8 Å². The molecule has 0 aliphatic heterocycles. The molecule has 0 aromatic rings. The van der Waals surface area contributed by atoms with Crippen molar-refractivity contribution in [3.8, 4) is 0 Å². The van der Waals surface area contributed by atoms with Gasteiger partial charge in [-0.25, -0.2) is 4.79 Å². The van der Waals surface area contributed by atoms with E-state index >= 15 is 0 Å². The zero-order valence-electron chi connectivity index (χ0n) is 15.5. The van der Waals surface area contributed by atoms with E-state index in [1.807, 2.05) is 13.8 Å². The molecule has 0 fully saturated rings. The van der Waals surface area contributed by atoms with Gasteiger partial charge >= 0.3 is 6.09 Å². The van der Waals surface area contributed by atoms with Gasteiger partial charge < -0.3 is 19.7 Å². The van der Waals surface area contributed by atoms with Gasteiger partial charge in [-0.05, 0) is 40.5 Å². The van der Waals surface area contributed by atoms with Gasteiger partial charge in [0.2, 0.25) is 7.37 Å². The van der Waals surface area contributed by atoms with Gasteiger partial charge in [-0.3, -0.25) is 4.57 Å². The number of nitrogens with one attached hydrogen (secondary N) is 1. The first-order chi connectivity index (χ1) is 10.4. The highest BCUT2D eigenvalue weighted by molar-refractivity contribution is 7.59. The topological polar surface area (TPSA) is 84.9 Å². The maximum Gasteiger partial charge on any atom is 0.407 e. The van der Waals surface area contributed by atoms with E-state index in [1.54, 1.807) is 27.7 Å². The summed E-state index contributed by atoms with van der Waals surface area (Å²) in [5.41, 5.74) is -1.91. The Kier molecular flexibility index (Phi) is 9.41. The van der Waals surface area contributed by atoms with Crippen LogP contribution in [0.15, 0.2) is 0 Å². The van der Waals surface area contributed by atoms with Gasteiger partial charge in [0, 0.05) is 12.7 Å². The van der Waals surface area contributed by atoms with Crippen LogP contribution in [0.4, 0.5) is 4.79 Å². The third-order valence-electron chi connectivity index (χ3n) is 2.98. The fraction of sp³-hybridized carbons (Fsp3) is 0.938. The summed E-state index contributed by atoms with van der Waals surface area (Å²) >= 11 is 0. The third kappa shape index (κ3) is 11.6. The lowest BCUT2D eigenvalue weighted by Crippen LogP contribution is -2.45. The maximum atomic E-state index is 12.9. The van der Waals surface area contributed by atoms with Crippen molar-refractivity contribution in [2.45, 2.75) is 72.0 Å². The summed E-state index contributed by atoms with van der Waals surface area (Å²) in [6.07, 6.45) is 2.35. The van der Waals surface area contributed by atoms with E-state index in [2.05, 4.69) is 5.32 Å². The lowest BCUT2D eigenvalue weighted by Gasteiger charge is -2.29. The summed E-state index contributed by atoms with van der Waals surface area (Å²) < 4.78 is 23.6. The van der Waals surface area contributed by atoms with Gasteiger partial charge in [-0.2, -0.15) is 0 Å². The molecule has 2 N–H and O–H groups in total. The van der Waals surface area contributed by atoms with Gasteiger partial charge in [-0.15, -0.1) is 0 Å². The Labute approximate surface area is 140 Å². The molecule has 2 unspecified atom stereocenters. The van der Waals surface area contributed by atoms with E-state index in [-0.39, 0.29) is 12.7 Å². The highest BCUT2D eigenvalue weighted by Crippen LogP contribution is 2.50. The number of rotatable bonds is 10. The van der Waals surface area contributed by atoms with Crippen molar-refractivity contribution < 1.29 is 23.7 Å². The highest BCUT2D eigenvalue weighted by atomic mass is 31.2. The molecule has 0 saturated heterocycles. The molecular formula is C16H34NO5P. The molecule has 6 nitrogen and oxygen atoms in total. The number of amides is 1. The Morgan fingerprint density at radius 2 is 1.78 bits per heavy atom. The molecule has 23 heavy (non-hydrogen) atoms. The second kappa shape index (κ2) is 9.65. The number of ether oxygens (including phenoxy) is 1. The molecule has 0 aromatic carbocycles. The Morgan fingerprint density at radius 3 is 2.26 bits per heavy atom. The molecule has 138 valence electrons. The van der Waals surface area contributed by atoms with Crippen molar-refractivity contribution in [1.29, 1.82) is 0 Å². The average Bonchev–Trinajstić information content (AvgIpc) is 2.39. The summed E-state index contributed by atoms with van der Waals surface area (Å²) in [5.74, 6) is 0. The summed E-state index contributed by atoms with van der Waals surface area (Å²) in [4.78, 5) is 11.7. The molecule has 7 heteroatoms. The van der Waals surface area contributed by atoms with E-state index in [0.717, 1.165) is 19.3 Å². The largest absolute Gasteiger partial charge is 0.444 e. The van der Waals surface area contributed by atoms with Crippen molar-refractivity contribution in [2.75, 3.05) is 25.5 Å². The molecule has 0 rings (SSSR count). The lowest BCUT2D eigenvalue weighted by molar-refractivity contribution is 0.0392. The summed E-state index contributed by atoms with van der Waals surface area (Å²) in [6.45, 7) is 11.2. The smallest absolute Gasteiger partial charge is 0.407 e. The Bertz CT molecular complexity index is 392. The zero-order valence-corrected chi connectivity index (χ0v) is 16.4. The van der Waals surface area contributed by atoms with Gasteiger partial charge in [0.05, 0.1) is 18.4 Å². The highest BCUT2D eigenvalue weighted by Gasteiger charge is 2.34. The molecular weight excluding hydrogens is 317 g/mol. The van der Waals surface area contributed by atoms with Crippen LogP contribution < -0.4 is 5.32 Å². The van der Waals surface area contributed by atoms with Crippen molar-refractivity contribution in [3.05, 3.63) is 0 Å². The number of carbonyl (C=O) groups is 1. The number of carbonyl (C=O) groups excluding carboxylic acids is 1. The van der Waals surface area contributed by atoms with Crippen molar-refractivity contribution in [3.63, 3.8) is 0 Å². The molecule has 0 aliphatic rings. The van der Waals surface area contributed by atoms with Crippen LogP contribution in [-0.2, 0) is 13.8 Å². The Hall–Kier alpha value is -0.580. The normalized spacial score (nSPS) is 17.2. The second-order valence-corrected chi connectivity index (χ2v) is 9.89. The van der Waals surface area contributed by atoms with Crippen LogP contribution in [-0.4, -0.2) is 47.9 Å². The standard InChI is InChI=1S/C16H34NO5P/c1-7-9-11-23(20,21-10-8-2)13-16(6,19)12-17-14(18)22-15(3,4)5/h19H,7-13H2,1-6H3,(H,17,18). The first kappa shape index (κ1) is 22.4. The molecule has 0 spiro atoms. The molecule has 0 aliphatic carbocycles. The molecule has 0 heterocycles.